The van der Waals surface area contributed by atoms with Crippen molar-refractivity contribution < 1.29 is 18.8 Å². The topological polar surface area (TPSA) is 97.4 Å². The number of carbonyl (C=O) groups is 1. The smallest absolute Gasteiger partial charge is 0.267 e. The largest absolute Gasteiger partial charge is 0.493 e. The average molecular weight is 327 g/mol. The summed E-state index contributed by atoms with van der Waals surface area (Å²) in [5, 5.41) is 15.4. The second-order valence-corrected chi connectivity index (χ2v) is 4.79. The lowest BCUT2D eigenvalue weighted by atomic mass is 10.1. The predicted molar refractivity (Wildman–Crippen MR) is 87.6 cm³/mol. The van der Waals surface area contributed by atoms with Gasteiger partial charge in [0, 0.05) is 6.07 Å². The Morgan fingerprint density at radius 1 is 1.42 bits per heavy atom. The fraction of sp³-hybridized carbons (Fsp3) is 0.235. The minimum Gasteiger partial charge on any atom is -0.493 e. The van der Waals surface area contributed by atoms with Gasteiger partial charge in [0.05, 0.1) is 13.7 Å². The molecule has 1 N–H and O–H groups in total. The van der Waals surface area contributed by atoms with Crippen molar-refractivity contribution in [2.45, 2.75) is 13.8 Å². The van der Waals surface area contributed by atoms with Crippen LogP contribution in [0.4, 0.5) is 5.82 Å². The molecule has 0 aliphatic carbocycles. The van der Waals surface area contributed by atoms with Crippen LogP contribution in [0.5, 0.6) is 11.5 Å². The molecule has 0 aliphatic rings. The number of benzene rings is 1. The molecule has 0 bridgehead atoms. The van der Waals surface area contributed by atoms with E-state index in [1.165, 1.54) is 6.08 Å². The number of aromatic nitrogens is 1. The van der Waals surface area contributed by atoms with Crippen molar-refractivity contribution in [2.24, 2.45) is 0 Å². The van der Waals surface area contributed by atoms with Gasteiger partial charge in [0.2, 0.25) is 0 Å². The van der Waals surface area contributed by atoms with Crippen molar-refractivity contribution in [3.8, 4) is 17.6 Å². The van der Waals surface area contributed by atoms with Gasteiger partial charge in [0.25, 0.3) is 5.91 Å². The minimum absolute atomic E-state index is 0.0664. The zero-order valence-electron chi connectivity index (χ0n) is 13.6. The molecule has 24 heavy (non-hydrogen) atoms. The molecule has 0 spiro atoms. The van der Waals surface area contributed by atoms with E-state index >= 15 is 0 Å². The van der Waals surface area contributed by atoms with Crippen LogP contribution in [0.1, 0.15) is 18.2 Å². The molecule has 0 radical (unpaired) electrons. The van der Waals surface area contributed by atoms with E-state index in [9.17, 15) is 10.1 Å². The summed E-state index contributed by atoms with van der Waals surface area (Å²) in [6.07, 6.45) is 1.46. The second kappa shape index (κ2) is 7.83. The van der Waals surface area contributed by atoms with Gasteiger partial charge in [-0.2, -0.15) is 5.26 Å². The first kappa shape index (κ1) is 17.1. The van der Waals surface area contributed by atoms with Crippen LogP contribution < -0.4 is 14.8 Å². The molecular weight excluding hydrogens is 310 g/mol. The number of nitrogens with one attached hydrogen (secondary N) is 1. The Kier molecular flexibility index (Phi) is 5.58. The number of amides is 1. The molecule has 0 aliphatic heterocycles. The Morgan fingerprint density at radius 3 is 2.79 bits per heavy atom. The summed E-state index contributed by atoms with van der Waals surface area (Å²) in [7, 11) is 1.54. The Morgan fingerprint density at radius 2 is 2.21 bits per heavy atom. The monoisotopic (exact) mass is 327 g/mol. The van der Waals surface area contributed by atoms with Crippen LogP contribution in [0.3, 0.4) is 0 Å². The molecule has 0 saturated heterocycles. The number of ether oxygens (including phenoxy) is 2. The molecule has 124 valence electrons. The van der Waals surface area contributed by atoms with Gasteiger partial charge in [-0.3, -0.25) is 4.79 Å². The maximum atomic E-state index is 12.2. The summed E-state index contributed by atoms with van der Waals surface area (Å²) in [5.41, 5.74) is 0.575. The van der Waals surface area contributed by atoms with E-state index in [1.807, 2.05) is 13.0 Å². The number of anilines is 1. The van der Waals surface area contributed by atoms with Gasteiger partial charge in [0.15, 0.2) is 17.3 Å². The molecule has 0 saturated carbocycles. The molecule has 0 atom stereocenters. The summed E-state index contributed by atoms with van der Waals surface area (Å²) in [6.45, 7) is 4.03. The van der Waals surface area contributed by atoms with E-state index in [4.69, 9.17) is 14.0 Å². The van der Waals surface area contributed by atoms with Gasteiger partial charge in [-0.15, -0.1) is 0 Å². The van der Waals surface area contributed by atoms with Crippen molar-refractivity contribution in [2.75, 3.05) is 19.0 Å². The third-order valence-corrected chi connectivity index (χ3v) is 3.03. The molecule has 1 aromatic carbocycles. The van der Waals surface area contributed by atoms with Crippen molar-refractivity contribution in [1.29, 1.82) is 5.26 Å². The Balaban J connectivity index is 2.24. The van der Waals surface area contributed by atoms with Gasteiger partial charge in [-0.1, -0.05) is 11.2 Å². The van der Waals surface area contributed by atoms with Crippen LogP contribution in [-0.2, 0) is 4.79 Å². The summed E-state index contributed by atoms with van der Waals surface area (Å²) >= 11 is 0. The van der Waals surface area contributed by atoms with E-state index in [2.05, 4.69) is 10.5 Å². The number of methoxy groups -OCH3 is 1. The summed E-state index contributed by atoms with van der Waals surface area (Å²) < 4.78 is 15.6. The Hall–Kier alpha value is -3.27. The number of hydrogen-bond acceptors (Lipinski definition) is 6. The zero-order valence-corrected chi connectivity index (χ0v) is 13.6. The van der Waals surface area contributed by atoms with Gasteiger partial charge in [-0.25, -0.2) is 0 Å². The third kappa shape index (κ3) is 4.14. The highest BCUT2D eigenvalue weighted by atomic mass is 16.5. The SMILES string of the molecule is CCOc1cc(/C=C(/C#N)C(=O)Nc2cc(C)on2)ccc1OC. The molecule has 2 aromatic rings. The van der Waals surface area contributed by atoms with Crippen molar-refractivity contribution in [3.05, 3.63) is 41.2 Å². The summed E-state index contributed by atoms with van der Waals surface area (Å²) in [4.78, 5) is 12.2. The normalized spacial score (nSPS) is 10.8. The van der Waals surface area contributed by atoms with Crippen LogP contribution in [0.2, 0.25) is 0 Å². The fourth-order valence-electron chi connectivity index (χ4n) is 1.98. The van der Waals surface area contributed by atoms with E-state index in [-0.39, 0.29) is 11.4 Å². The maximum absolute atomic E-state index is 12.2. The maximum Gasteiger partial charge on any atom is 0.267 e. The first-order valence-corrected chi connectivity index (χ1v) is 7.24. The van der Waals surface area contributed by atoms with Crippen molar-refractivity contribution >= 4 is 17.8 Å². The molecule has 0 fully saturated rings. The summed E-state index contributed by atoms with van der Waals surface area (Å²) in [5.74, 6) is 1.36. The highest BCUT2D eigenvalue weighted by Crippen LogP contribution is 2.29. The zero-order chi connectivity index (χ0) is 17.5. The first-order chi connectivity index (χ1) is 11.6. The number of carbonyl (C=O) groups excluding carboxylic acids is 1. The van der Waals surface area contributed by atoms with Crippen molar-refractivity contribution in [1.82, 2.24) is 5.16 Å². The van der Waals surface area contributed by atoms with Crippen LogP contribution in [0.15, 0.2) is 34.4 Å². The Bertz CT molecular complexity index is 802. The summed E-state index contributed by atoms with van der Waals surface area (Å²) in [6, 6.07) is 8.58. The quantitative estimate of drug-likeness (QED) is 0.647. The van der Waals surface area contributed by atoms with Crippen molar-refractivity contribution in [3.63, 3.8) is 0 Å². The van der Waals surface area contributed by atoms with Crippen LogP contribution in [0.25, 0.3) is 6.08 Å². The highest BCUT2D eigenvalue weighted by molar-refractivity contribution is 6.09. The lowest BCUT2D eigenvalue weighted by Crippen LogP contribution is -2.13. The number of nitriles is 1. The molecular formula is C17H17N3O4. The van der Waals surface area contributed by atoms with Gasteiger partial charge in [-0.05, 0) is 37.6 Å². The third-order valence-electron chi connectivity index (χ3n) is 3.03. The molecule has 1 amide bonds. The average Bonchev–Trinajstić information content (AvgIpc) is 2.98. The number of aryl methyl sites for hydroxylation is 1. The number of hydrogen-bond donors (Lipinski definition) is 1. The van der Waals surface area contributed by atoms with Gasteiger partial charge in [0.1, 0.15) is 17.4 Å². The molecule has 0 unspecified atom stereocenters. The molecule has 2 rings (SSSR count). The van der Waals surface area contributed by atoms with E-state index in [1.54, 1.807) is 38.3 Å². The minimum atomic E-state index is -0.570. The molecule has 7 nitrogen and oxygen atoms in total. The fourth-order valence-corrected chi connectivity index (χ4v) is 1.98. The van der Waals surface area contributed by atoms with Crippen LogP contribution >= 0.6 is 0 Å². The molecule has 7 heteroatoms. The second-order valence-electron chi connectivity index (χ2n) is 4.79. The lowest BCUT2D eigenvalue weighted by Gasteiger charge is -2.09. The standard InChI is InChI=1S/C17H17N3O4/c1-4-23-15-9-12(5-6-14(15)22-3)8-13(10-18)17(21)19-16-7-11(2)24-20-16/h5-9H,4H2,1-3H3,(H,19,20,21)/b13-8-. The Labute approximate surface area is 139 Å². The van der Waals surface area contributed by atoms with Gasteiger partial charge >= 0.3 is 0 Å². The highest BCUT2D eigenvalue weighted by Gasteiger charge is 2.12. The van der Waals surface area contributed by atoms with E-state index in [0.29, 0.717) is 29.4 Å². The molecule has 1 heterocycles. The van der Waals surface area contributed by atoms with E-state index < -0.39 is 5.91 Å². The van der Waals surface area contributed by atoms with Gasteiger partial charge < -0.3 is 19.3 Å². The first-order valence-electron chi connectivity index (χ1n) is 7.24. The predicted octanol–water partition coefficient (Wildman–Crippen LogP) is 2.94. The number of rotatable bonds is 6. The molecule has 1 aromatic heterocycles. The van der Waals surface area contributed by atoms with E-state index in [0.717, 1.165) is 0 Å². The lowest BCUT2D eigenvalue weighted by molar-refractivity contribution is -0.112. The number of nitrogens with zero attached hydrogens (tertiary/aromatic N) is 2. The van der Waals surface area contributed by atoms with Crippen LogP contribution in [-0.4, -0.2) is 24.8 Å². The van der Waals surface area contributed by atoms with Crippen LogP contribution in [0, 0.1) is 18.3 Å².